The van der Waals surface area contributed by atoms with E-state index in [9.17, 15) is 0 Å². The molecule has 9 aromatic rings. The number of nitrogens with zero attached hydrogens (tertiary/aromatic N) is 3. The summed E-state index contributed by atoms with van der Waals surface area (Å²) in [6, 6.07) is 71.8. The smallest absolute Gasteiger partial charge is 0.164 e. The number of hydrogen-bond donors (Lipinski definition) is 0. The van der Waals surface area contributed by atoms with Crippen molar-refractivity contribution in [2.45, 2.75) is 37.5 Å². The minimum atomic E-state index is 0.161. The van der Waals surface area contributed by atoms with E-state index in [1.54, 1.807) is 0 Å². The van der Waals surface area contributed by atoms with Crippen LogP contribution in [0.4, 0.5) is 0 Å². The minimum absolute atomic E-state index is 0.161. The van der Waals surface area contributed by atoms with Gasteiger partial charge < -0.3 is 0 Å². The van der Waals surface area contributed by atoms with Crippen molar-refractivity contribution < 1.29 is 0 Å². The number of fused-ring (bicyclic) bond motifs is 5. The highest BCUT2D eigenvalue weighted by atomic mass is 15.0. The summed E-state index contributed by atoms with van der Waals surface area (Å²) in [5.74, 6) is 1.95. The maximum absolute atomic E-state index is 5.02. The van der Waals surface area contributed by atoms with Crippen molar-refractivity contribution in [3.63, 3.8) is 0 Å². The van der Waals surface area contributed by atoms with Crippen molar-refractivity contribution in [1.82, 2.24) is 15.0 Å². The summed E-state index contributed by atoms with van der Waals surface area (Å²) >= 11 is 0. The van der Waals surface area contributed by atoms with Crippen molar-refractivity contribution in [2.24, 2.45) is 0 Å². The van der Waals surface area contributed by atoms with Crippen LogP contribution in [-0.2, 0) is 5.41 Å². The summed E-state index contributed by atoms with van der Waals surface area (Å²) in [5, 5.41) is 0. The predicted octanol–water partition coefficient (Wildman–Crippen LogP) is 14.8. The van der Waals surface area contributed by atoms with Gasteiger partial charge in [-0.1, -0.05) is 213 Å². The van der Waals surface area contributed by atoms with Crippen LogP contribution in [0.1, 0.15) is 43.2 Å². The average molecular weight is 770 g/mol. The van der Waals surface area contributed by atoms with E-state index in [-0.39, 0.29) is 5.41 Å². The maximum Gasteiger partial charge on any atom is 0.164 e. The van der Waals surface area contributed by atoms with E-state index in [0.717, 1.165) is 27.8 Å². The lowest BCUT2D eigenvalue weighted by atomic mass is 9.68. The van der Waals surface area contributed by atoms with Crippen LogP contribution in [0.25, 0.3) is 89.8 Å². The van der Waals surface area contributed by atoms with Crippen molar-refractivity contribution in [3.05, 3.63) is 211 Å². The molecular formula is C57H43N3. The number of hydrogen-bond acceptors (Lipinski definition) is 3. The Kier molecular flexibility index (Phi) is 9.08. The van der Waals surface area contributed by atoms with Gasteiger partial charge in [0.2, 0.25) is 0 Å². The Balaban J connectivity index is 0.882. The van der Waals surface area contributed by atoms with Gasteiger partial charge in [-0.25, -0.2) is 15.0 Å². The molecule has 2 aliphatic carbocycles. The lowest BCUT2D eigenvalue weighted by Crippen LogP contribution is -2.27. The van der Waals surface area contributed by atoms with Gasteiger partial charge in [-0.3, -0.25) is 0 Å². The molecule has 8 aromatic carbocycles. The molecule has 1 aromatic heterocycles. The van der Waals surface area contributed by atoms with Crippen LogP contribution in [0.5, 0.6) is 0 Å². The molecule has 0 aliphatic heterocycles. The summed E-state index contributed by atoms with van der Waals surface area (Å²) in [4.78, 5) is 14.9. The molecule has 11 rings (SSSR count). The molecule has 1 spiro atoms. The predicted molar refractivity (Wildman–Crippen MR) is 247 cm³/mol. The molecule has 0 N–H and O–H groups in total. The van der Waals surface area contributed by atoms with Crippen LogP contribution < -0.4 is 0 Å². The zero-order chi connectivity index (χ0) is 39.9. The first-order valence-electron chi connectivity index (χ1n) is 21.2. The van der Waals surface area contributed by atoms with E-state index < -0.39 is 0 Å². The summed E-state index contributed by atoms with van der Waals surface area (Å²) in [6.45, 7) is 0. The lowest BCUT2D eigenvalue weighted by molar-refractivity contribution is 0.353. The van der Waals surface area contributed by atoms with Gasteiger partial charge in [-0.2, -0.15) is 0 Å². The average Bonchev–Trinajstić information content (AvgIpc) is 3.60. The second kappa shape index (κ2) is 15.2. The summed E-state index contributed by atoms with van der Waals surface area (Å²) in [6.07, 6.45) is 6.44. The third kappa shape index (κ3) is 6.44. The van der Waals surface area contributed by atoms with Crippen LogP contribution in [0.15, 0.2) is 200 Å². The quantitative estimate of drug-likeness (QED) is 0.162. The number of aromatic nitrogens is 3. The summed E-state index contributed by atoms with van der Waals surface area (Å²) in [7, 11) is 0. The SMILES string of the molecule is c1ccc(-c2ccc(-c3nc(-c4ccccc4)nc(-c4ccc(-c5cccc(-c6ccc(-c7cccc8c7-c7ccccc7C87CCCCC7)cc6)c5)cc4)n3)cc2)cc1. The molecule has 3 nitrogen and oxygen atoms in total. The lowest BCUT2D eigenvalue weighted by Gasteiger charge is -2.36. The summed E-state index contributed by atoms with van der Waals surface area (Å²) in [5.41, 5.74) is 18.6. The van der Waals surface area contributed by atoms with Crippen LogP contribution in [0, 0.1) is 0 Å². The first-order chi connectivity index (χ1) is 29.7. The van der Waals surface area contributed by atoms with Crippen molar-refractivity contribution >= 4 is 0 Å². The molecule has 2 aliphatic rings. The second-order valence-corrected chi connectivity index (χ2v) is 16.3. The van der Waals surface area contributed by atoms with E-state index >= 15 is 0 Å². The van der Waals surface area contributed by atoms with Gasteiger partial charge in [0, 0.05) is 22.1 Å². The second-order valence-electron chi connectivity index (χ2n) is 16.3. The molecular weight excluding hydrogens is 727 g/mol. The molecule has 0 amide bonds. The van der Waals surface area contributed by atoms with Gasteiger partial charge in [-0.15, -0.1) is 0 Å². The fourth-order valence-electron chi connectivity index (χ4n) is 9.76. The maximum atomic E-state index is 5.02. The molecule has 0 unspecified atom stereocenters. The minimum Gasteiger partial charge on any atom is -0.208 e. The fourth-order valence-corrected chi connectivity index (χ4v) is 9.76. The van der Waals surface area contributed by atoms with Gasteiger partial charge in [0.15, 0.2) is 17.5 Å². The number of benzene rings is 8. The van der Waals surface area contributed by atoms with Gasteiger partial charge in [0.05, 0.1) is 0 Å². The van der Waals surface area contributed by atoms with Crippen molar-refractivity contribution in [2.75, 3.05) is 0 Å². The molecule has 0 bridgehead atoms. The molecule has 0 atom stereocenters. The zero-order valence-corrected chi connectivity index (χ0v) is 33.4. The molecule has 1 fully saturated rings. The van der Waals surface area contributed by atoms with Crippen molar-refractivity contribution in [3.8, 4) is 89.8 Å². The van der Waals surface area contributed by atoms with E-state index in [2.05, 4.69) is 164 Å². The highest BCUT2D eigenvalue weighted by molar-refractivity contribution is 5.93. The normalized spacial score (nSPS) is 13.8. The Hall–Kier alpha value is -7.23. The highest BCUT2D eigenvalue weighted by Crippen LogP contribution is 2.57. The fraction of sp³-hybridized carbons (Fsp3) is 0.105. The molecule has 286 valence electrons. The highest BCUT2D eigenvalue weighted by Gasteiger charge is 2.44. The molecule has 3 heteroatoms. The third-order valence-electron chi connectivity index (χ3n) is 12.8. The Morgan fingerprint density at radius 2 is 0.667 bits per heavy atom. The van der Waals surface area contributed by atoms with Crippen LogP contribution >= 0.6 is 0 Å². The van der Waals surface area contributed by atoms with Crippen LogP contribution in [0.2, 0.25) is 0 Å². The topological polar surface area (TPSA) is 38.7 Å². The Labute approximate surface area is 352 Å². The molecule has 0 radical (unpaired) electrons. The number of rotatable bonds is 7. The first kappa shape index (κ1) is 35.9. The van der Waals surface area contributed by atoms with Crippen LogP contribution in [-0.4, -0.2) is 15.0 Å². The third-order valence-corrected chi connectivity index (χ3v) is 12.8. The van der Waals surface area contributed by atoms with Crippen molar-refractivity contribution in [1.29, 1.82) is 0 Å². The first-order valence-corrected chi connectivity index (χ1v) is 21.2. The Bertz CT molecular complexity index is 2960. The summed E-state index contributed by atoms with van der Waals surface area (Å²) < 4.78 is 0. The van der Waals surface area contributed by atoms with E-state index in [4.69, 9.17) is 15.0 Å². The molecule has 1 heterocycles. The van der Waals surface area contributed by atoms with Gasteiger partial charge >= 0.3 is 0 Å². The molecule has 1 saturated carbocycles. The van der Waals surface area contributed by atoms with Gasteiger partial charge in [0.1, 0.15) is 0 Å². The molecule has 60 heavy (non-hydrogen) atoms. The Morgan fingerprint density at radius 1 is 0.283 bits per heavy atom. The standard InChI is InChI=1S/C57H43N3/c1-4-14-39(15-5-1)40-26-32-45(33-27-40)55-58-54(44-16-6-2-7-17-44)59-56(60-55)46-34-28-42(29-35-46)48-19-12-18-47(38-48)41-24-30-43(31-25-41)49-21-13-23-52-53(49)50-20-8-9-22-51(50)57(52)36-10-3-11-37-57/h1-2,4-9,12-35,38H,3,10-11,36-37H2. The van der Waals surface area contributed by atoms with Crippen LogP contribution in [0.3, 0.4) is 0 Å². The van der Waals surface area contributed by atoms with E-state index in [0.29, 0.717) is 17.5 Å². The van der Waals surface area contributed by atoms with E-state index in [1.807, 2.05) is 36.4 Å². The zero-order valence-electron chi connectivity index (χ0n) is 33.4. The molecule has 0 saturated heterocycles. The van der Waals surface area contributed by atoms with E-state index in [1.165, 1.54) is 87.7 Å². The van der Waals surface area contributed by atoms with Gasteiger partial charge in [0.25, 0.3) is 0 Å². The van der Waals surface area contributed by atoms with Gasteiger partial charge in [-0.05, 0) is 85.7 Å². The monoisotopic (exact) mass is 769 g/mol. The largest absolute Gasteiger partial charge is 0.208 e. The Morgan fingerprint density at radius 3 is 1.25 bits per heavy atom.